The number of carbonyl (C=O) groups is 1. The first-order valence-electron chi connectivity index (χ1n) is 9.91. The summed E-state index contributed by atoms with van der Waals surface area (Å²) in [4.78, 5) is 13.1. The summed E-state index contributed by atoms with van der Waals surface area (Å²) in [5, 5.41) is 2.94. The van der Waals surface area contributed by atoms with E-state index < -0.39 is 31.8 Å². The second-order valence-corrected chi connectivity index (χ2v) is 12.0. The van der Waals surface area contributed by atoms with Crippen LogP contribution in [0.1, 0.15) is 48.1 Å². The number of halogens is 1. The Balaban J connectivity index is 1.80. The minimum atomic E-state index is -3.70. The van der Waals surface area contributed by atoms with Gasteiger partial charge in [0.2, 0.25) is 10.0 Å². The predicted octanol–water partition coefficient (Wildman–Crippen LogP) is 3.41. The number of nitrogens with zero attached hydrogens (tertiary/aromatic N) is 1. The maximum absolute atomic E-state index is 12.9. The molecule has 1 aliphatic rings. The number of amides is 1. The maximum atomic E-state index is 12.9. The van der Waals surface area contributed by atoms with Crippen molar-refractivity contribution in [3.05, 3.63) is 58.6 Å². The van der Waals surface area contributed by atoms with Crippen molar-refractivity contribution in [1.82, 2.24) is 9.62 Å². The van der Waals surface area contributed by atoms with E-state index in [4.69, 9.17) is 11.6 Å². The molecule has 1 amide bonds. The van der Waals surface area contributed by atoms with Crippen LogP contribution in [0.2, 0.25) is 5.02 Å². The van der Waals surface area contributed by atoms with Gasteiger partial charge in [0.25, 0.3) is 5.91 Å². The number of sulfone groups is 1. The fraction of sp³-hybridized carbons (Fsp3) is 0.381. The van der Waals surface area contributed by atoms with Crippen LogP contribution in [0, 0.1) is 0 Å². The molecule has 10 heteroatoms. The van der Waals surface area contributed by atoms with E-state index in [0.717, 1.165) is 25.5 Å². The Labute approximate surface area is 188 Å². The summed E-state index contributed by atoms with van der Waals surface area (Å²) in [7, 11) is -7.01. The van der Waals surface area contributed by atoms with Gasteiger partial charge in [-0.2, -0.15) is 4.31 Å². The van der Waals surface area contributed by atoms with Crippen LogP contribution in [0.3, 0.4) is 0 Å². The highest BCUT2D eigenvalue weighted by Crippen LogP contribution is 2.26. The van der Waals surface area contributed by atoms with Gasteiger partial charge < -0.3 is 5.32 Å². The van der Waals surface area contributed by atoms with Gasteiger partial charge in [0.15, 0.2) is 9.84 Å². The quantitative estimate of drug-likeness (QED) is 0.677. The van der Waals surface area contributed by atoms with Crippen LogP contribution in [0.5, 0.6) is 0 Å². The van der Waals surface area contributed by atoms with Crippen molar-refractivity contribution in [1.29, 1.82) is 0 Å². The van der Waals surface area contributed by atoms with E-state index in [9.17, 15) is 21.6 Å². The van der Waals surface area contributed by atoms with Gasteiger partial charge in [0.1, 0.15) is 0 Å². The lowest BCUT2D eigenvalue weighted by Gasteiger charge is -2.26. The lowest BCUT2D eigenvalue weighted by Crippen LogP contribution is -2.35. The van der Waals surface area contributed by atoms with Crippen LogP contribution in [-0.4, -0.2) is 46.4 Å². The molecule has 0 aliphatic carbocycles. The molecule has 1 saturated heterocycles. The molecule has 31 heavy (non-hydrogen) atoms. The maximum Gasteiger partial charge on any atom is 0.253 e. The second kappa shape index (κ2) is 9.28. The molecule has 7 nitrogen and oxygen atoms in total. The molecule has 1 heterocycles. The monoisotopic (exact) mass is 484 g/mol. The summed E-state index contributed by atoms with van der Waals surface area (Å²) in [6.07, 6.45) is 3.76. The molecule has 1 fully saturated rings. The fourth-order valence-electron chi connectivity index (χ4n) is 3.45. The third-order valence-electron chi connectivity index (χ3n) is 5.29. The molecule has 1 unspecified atom stereocenters. The Morgan fingerprint density at radius 3 is 2.13 bits per heavy atom. The minimum Gasteiger partial charge on any atom is -0.345 e. The van der Waals surface area contributed by atoms with Gasteiger partial charge in [-0.15, -0.1) is 0 Å². The first-order valence-corrected chi connectivity index (χ1v) is 13.6. The Kier molecular flexibility index (Phi) is 7.10. The standard InChI is InChI=1S/C21H25ClN2O5S2/c1-15(16-6-8-17(9-7-16)30(2,26)27)23-21(25)19-14-18(10-11-20(19)22)31(28,29)24-12-4-3-5-13-24/h6-11,14-15H,3-5,12-13H2,1-2H3,(H,23,25). The molecule has 0 radical (unpaired) electrons. The minimum absolute atomic E-state index is 0.0362. The van der Waals surface area contributed by atoms with Crippen molar-refractivity contribution in [2.24, 2.45) is 0 Å². The van der Waals surface area contributed by atoms with Crippen molar-refractivity contribution in [3.63, 3.8) is 0 Å². The van der Waals surface area contributed by atoms with Crippen molar-refractivity contribution < 1.29 is 21.6 Å². The van der Waals surface area contributed by atoms with Gasteiger partial charge in [-0.25, -0.2) is 16.8 Å². The number of piperidine rings is 1. The zero-order chi connectivity index (χ0) is 22.8. The lowest BCUT2D eigenvalue weighted by atomic mass is 10.1. The smallest absolute Gasteiger partial charge is 0.253 e. The SMILES string of the molecule is CC(NC(=O)c1cc(S(=O)(=O)N2CCCCC2)ccc1Cl)c1ccc(S(C)(=O)=O)cc1. The molecule has 0 bridgehead atoms. The van der Waals surface area contributed by atoms with Crippen molar-refractivity contribution in [2.45, 2.75) is 42.0 Å². The van der Waals surface area contributed by atoms with Crippen LogP contribution in [0.4, 0.5) is 0 Å². The van der Waals surface area contributed by atoms with Crippen molar-refractivity contribution in [3.8, 4) is 0 Å². The summed E-state index contributed by atoms with van der Waals surface area (Å²) >= 11 is 6.19. The van der Waals surface area contributed by atoms with Gasteiger partial charge in [-0.1, -0.05) is 30.2 Å². The van der Waals surface area contributed by atoms with E-state index in [2.05, 4.69) is 5.32 Å². The average molecular weight is 485 g/mol. The highest BCUT2D eigenvalue weighted by Gasteiger charge is 2.27. The number of hydrogen-bond donors (Lipinski definition) is 1. The lowest BCUT2D eigenvalue weighted by molar-refractivity contribution is 0.0939. The zero-order valence-electron chi connectivity index (χ0n) is 17.3. The first kappa shape index (κ1) is 23.7. The molecule has 0 spiro atoms. The normalized spacial score (nSPS) is 16.6. The number of rotatable bonds is 6. The van der Waals surface area contributed by atoms with E-state index in [0.29, 0.717) is 18.7 Å². The molecule has 2 aromatic carbocycles. The van der Waals surface area contributed by atoms with Crippen molar-refractivity contribution in [2.75, 3.05) is 19.3 Å². The summed E-state index contributed by atoms with van der Waals surface area (Å²) in [6, 6.07) is 9.90. The van der Waals surface area contributed by atoms with E-state index in [1.807, 2.05) is 0 Å². The molecule has 2 aromatic rings. The molecule has 1 aliphatic heterocycles. The molecule has 0 saturated carbocycles. The molecular weight excluding hydrogens is 460 g/mol. The molecule has 1 N–H and O–H groups in total. The summed E-state index contributed by atoms with van der Waals surface area (Å²) in [5.74, 6) is -0.514. The van der Waals surface area contributed by atoms with Gasteiger partial charge in [0, 0.05) is 19.3 Å². The van der Waals surface area contributed by atoms with Crippen LogP contribution in [0.25, 0.3) is 0 Å². The Hall–Kier alpha value is -1.94. The van der Waals surface area contributed by atoms with E-state index in [-0.39, 0.29) is 20.4 Å². The highest BCUT2D eigenvalue weighted by atomic mass is 35.5. The van der Waals surface area contributed by atoms with Crippen LogP contribution < -0.4 is 5.32 Å². The van der Waals surface area contributed by atoms with Crippen LogP contribution in [0.15, 0.2) is 52.3 Å². The number of benzene rings is 2. The Bertz CT molecular complexity index is 1170. The second-order valence-electron chi connectivity index (χ2n) is 7.64. The number of hydrogen-bond acceptors (Lipinski definition) is 5. The third-order valence-corrected chi connectivity index (χ3v) is 8.64. The Morgan fingerprint density at radius 2 is 1.55 bits per heavy atom. The zero-order valence-corrected chi connectivity index (χ0v) is 19.7. The largest absolute Gasteiger partial charge is 0.345 e. The molecule has 0 aromatic heterocycles. The van der Waals surface area contributed by atoms with E-state index in [1.54, 1.807) is 19.1 Å². The predicted molar refractivity (Wildman–Crippen MR) is 119 cm³/mol. The average Bonchev–Trinajstić information content (AvgIpc) is 2.74. The molecule has 168 valence electrons. The topological polar surface area (TPSA) is 101 Å². The van der Waals surface area contributed by atoms with Gasteiger partial charge in [-0.3, -0.25) is 4.79 Å². The first-order chi connectivity index (χ1) is 14.5. The molecule has 3 rings (SSSR count). The van der Waals surface area contributed by atoms with Crippen LogP contribution in [-0.2, 0) is 19.9 Å². The number of sulfonamides is 1. The molecular formula is C21H25ClN2O5S2. The van der Waals surface area contributed by atoms with Gasteiger partial charge in [0.05, 0.1) is 26.4 Å². The van der Waals surface area contributed by atoms with E-state index >= 15 is 0 Å². The van der Waals surface area contributed by atoms with Gasteiger partial charge >= 0.3 is 0 Å². The molecule has 1 atom stereocenters. The number of nitrogens with one attached hydrogen (secondary N) is 1. The number of carbonyl (C=O) groups excluding carboxylic acids is 1. The van der Waals surface area contributed by atoms with Crippen LogP contribution >= 0.6 is 11.6 Å². The van der Waals surface area contributed by atoms with Crippen molar-refractivity contribution >= 4 is 37.4 Å². The highest BCUT2D eigenvalue weighted by molar-refractivity contribution is 7.90. The Morgan fingerprint density at radius 1 is 0.968 bits per heavy atom. The third kappa shape index (κ3) is 5.46. The summed E-state index contributed by atoms with van der Waals surface area (Å²) in [5.41, 5.74) is 0.772. The fourth-order valence-corrected chi connectivity index (χ4v) is 5.83. The summed E-state index contributed by atoms with van der Waals surface area (Å²) in [6.45, 7) is 2.68. The van der Waals surface area contributed by atoms with E-state index in [1.165, 1.54) is 34.6 Å². The van der Waals surface area contributed by atoms with Gasteiger partial charge in [-0.05, 0) is 55.7 Å². The summed E-state index contributed by atoms with van der Waals surface area (Å²) < 4.78 is 50.5.